The Hall–Kier alpha value is -1.09. The number of rotatable bonds is 5. The predicted octanol–water partition coefficient (Wildman–Crippen LogP) is 2.69. The quantitative estimate of drug-likeness (QED) is 0.752. The van der Waals surface area contributed by atoms with Gasteiger partial charge in [0.05, 0.1) is 5.69 Å². The van der Waals surface area contributed by atoms with Crippen LogP contribution in [0.15, 0.2) is 18.2 Å². The number of nitrogens with one attached hydrogen (secondary N) is 1. The maximum absolute atomic E-state index is 13.2. The van der Waals surface area contributed by atoms with Gasteiger partial charge in [0.15, 0.2) is 0 Å². The van der Waals surface area contributed by atoms with Crippen LogP contribution in [0.4, 0.5) is 10.1 Å². The van der Waals surface area contributed by atoms with Gasteiger partial charge in [-0.1, -0.05) is 19.4 Å². The lowest BCUT2D eigenvalue weighted by molar-refractivity contribution is 0.593. The van der Waals surface area contributed by atoms with Crippen LogP contribution in [0.5, 0.6) is 0 Å². The van der Waals surface area contributed by atoms with Gasteiger partial charge in [-0.05, 0) is 36.5 Å². The second-order valence-corrected chi connectivity index (χ2v) is 4.63. The second kappa shape index (κ2) is 4.83. The largest absolute Gasteiger partial charge is 0.396 e. The van der Waals surface area contributed by atoms with Crippen molar-refractivity contribution in [3.63, 3.8) is 0 Å². The van der Waals surface area contributed by atoms with E-state index in [9.17, 15) is 4.39 Å². The Balaban J connectivity index is 1.80. The minimum absolute atomic E-state index is 0.221. The Morgan fingerprint density at radius 2 is 2.31 bits per heavy atom. The summed E-state index contributed by atoms with van der Waals surface area (Å²) in [5.41, 5.74) is 6.61. The van der Waals surface area contributed by atoms with Crippen molar-refractivity contribution in [2.75, 3.05) is 5.73 Å². The SMILES string of the molecule is CCCC1CC1NCc1ccc(N)c(F)c1. The third kappa shape index (κ3) is 2.73. The van der Waals surface area contributed by atoms with Gasteiger partial charge in [0.25, 0.3) is 0 Å². The number of hydrogen-bond acceptors (Lipinski definition) is 2. The highest BCUT2D eigenvalue weighted by Gasteiger charge is 2.35. The van der Waals surface area contributed by atoms with Crippen LogP contribution in [-0.4, -0.2) is 6.04 Å². The lowest BCUT2D eigenvalue weighted by atomic mass is 10.2. The zero-order valence-corrected chi connectivity index (χ0v) is 9.67. The molecule has 2 nitrogen and oxygen atoms in total. The van der Waals surface area contributed by atoms with E-state index in [2.05, 4.69) is 12.2 Å². The first kappa shape index (κ1) is 11.4. The number of nitrogens with two attached hydrogens (primary N) is 1. The van der Waals surface area contributed by atoms with E-state index in [1.165, 1.54) is 25.3 Å². The average molecular weight is 222 g/mol. The zero-order chi connectivity index (χ0) is 11.5. The zero-order valence-electron chi connectivity index (χ0n) is 9.67. The molecule has 0 spiro atoms. The van der Waals surface area contributed by atoms with Crippen molar-refractivity contribution in [3.05, 3.63) is 29.6 Å². The molecule has 2 rings (SSSR count). The molecular weight excluding hydrogens is 203 g/mol. The van der Waals surface area contributed by atoms with Gasteiger partial charge in [0.2, 0.25) is 0 Å². The highest BCUT2D eigenvalue weighted by molar-refractivity contribution is 5.41. The summed E-state index contributed by atoms with van der Waals surface area (Å²) in [4.78, 5) is 0. The number of halogens is 1. The highest BCUT2D eigenvalue weighted by Crippen LogP contribution is 2.34. The first-order chi connectivity index (χ1) is 7.70. The molecule has 2 unspecified atom stereocenters. The molecule has 0 saturated heterocycles. The van der Waals surface area contributed by atoms with Gasteiger partial charge < -0.3 is 11.1 Å². The summed E-state index contributed by atoms with van der Waals surface area (Å²) >= 11 is 0. The Kier molecular flexibility index (Phi) is 3.44. The lowest BCUT2D eigenvalue weighted by Crippen LogP contribution is -2.17. The van der Waals surface area contributed by atoms with E-state index in [1.54, 1.807) is 6.07 Å². The third-order valence-electron chi connectivity index (χ3n) is 3.22. The molecule has 2 atom stereocenters. The fourth-order valence-corrected chi connectivity index (χ4v) is 2.12. The van der Waals surface area contributed by atoms with E-state index in [0.29, 0.717) is 6.04 Å². The minimum atomic E-state index is -0.319. The Morgan fingerprint density at radius 1 is 1.50 bits per heavy atom. The Bertz CT molecular complexity index is 365. The number of hydrogen-bond donors (Lipinski definition) is 2. The van der Waals surface area contributed by atoms with Crippen LogP contribution in [0.1, 0.15) is 31.7 Å². The molecule has 1 aromatic rings. The number of anilines is 1. The van der Waals surface area contributed by atoms with Gasteiger partial charge in [0, 0.05) is 12.6 Å². The first-order valence-corrected chi connectivity index (χ1v) is 5.98. The molecule has 0 amide bonds. The van der Waals surface area contributed by atoms with Crippen LogP contribution < -0.4 is 11.1 Å². The van der Waals surface area contributed by atoms with Crippen molar-refractivity contribution in [1.29, 1.82) is 0 Å². The van der Waals surface area contributed by atoms with E-state index >= 15 is 0 Å². The Morgan fingerprint density at radius 3 is 3.00 bits per heavy atom. The van der Waals surface area contributed by atoms with Crippen LogP contribution in [0.25, 0.3) is 0 Å². The van der Waals surface area contributed by atoms with E-state index in [-0.39, 0.29) is 11.5 Å². The topological polar surface area (TPSA) is 38.0 Å². The van der Waals surface area contributed by atoms with Gasteiger partial charge in [-0.3, -0.25) is 0 Å². The summed E-state index contributed by atoms with van der Waals surface area (Å²) < 4.78 is 13.2. The van der Waals surface area contributed by atoms with Gasteiger partial charge >= 0.3 is 0 Å². The third-order valence-corrected chi connectivity index (χ3v) is 3.22. The minimum Gasteiger partial charge on any atom is -0.396 e. The summed E-state index contributed by atoms with van der Waals surface area (Å²) in [6.07, 6.45) is 3.82. The molecular formula is C13H19FN2. The maximum atomic E-state index is 13.2. The summed E-state index contributed by atoms with van der Waals surface area (Å²) in [5.74, 6) is 0.517. The lowest BCUT2D eigenvalue weighted by Gasteiger charge is -2.05. The van der Waals surface area contributed by atoms with Gasteiger partial charge in [0.1, 0.15) is 5.82 Å². The Labute approximate surface area is 96.0 Å². The van der Waals surface area contributed by atoms with Crippen molar-refractivity contribution in [2.45, 2.75) is 38.8 Å². The van der Waals surface area contributed by atoms with Gasteiger partial charge in [-0.15, -0.1) is 0 Å². The van der Waals surface area contributed by atoms with Gasteiger partial charge in [-0.2, -0.15) is 0 Å². The molecule has 0 aromatic heterocycles. The van der Waals surface area contributed by atoms with E-state index in [0.717, 1.165) is 18.0 Å². The number of nitrogen functional groups attached to an aromatic ring is 1. The molecule has 3 heteroatoms. The smallest absolute Gasteiger partial charge is 0.146 e. The molecule has 1 aromatic carbocycles. The molecule has 16 heavy (non-hydrogen) atoms. The van der Waals surface area contributed by atoms with Crippen LogP contribution in [0, 0.1) is 11.7 Å². The molecule has 0 aliphatic heterocycles. The van der Waals surface area contributed by atoms with Crippen LogP contribution >= 0.6 is 0 Å². The summed E-state index contributed by atoms with van der Waals surface area (Å²) in [6.45, 7) is 2.95. The van der Waals surface area contributed by atoms with E-state index in [1.807, 2.05) is 6.07 Å². The van der Waals surface area contributed by atoms with Crippen LogP contribution in [0.2, 0.25) is 0 Å². The van der Waals surface area contributed by atoms with E-state index < -0.39 is 0 Å². The first-order valence-electron chi connectivity index (χ1n) is 5.98. The molecule has 3 N–H and O–H groups in total. The normalized spacial score (nSPS) is 23.4. The van der Waals surface area contributed by atoms with E-state index in [4.69, 9.17) is 5.73 Å². The van der Waals surface area contributed by atoms with Crippen LogP contribution in [0.3, 0.4) is 0 Å². The standard InChI is InChI=1S/C13H19FN2/c1-2-3-10-7-13(10)16-8-9-4-5-12(15)11(14)6-9/h4-6,10,13,16H,2-3,7-8,15H2,1H3. The summed E-state index contributed by atoms with van der Waals surface area (Å²) in [5, 5.41) is 3.45. The molecule has 0 radical (unpaired) electrons. The van der Waals surface area contributed by atoms with Crippen molar-refractivity contribution in [2.24, 2.45) is 5.92 Å². The maximum Gasteiger partial charge on any atom is 0.146 e. The average Bonchev–Trinajstić information content (AvgIpc) is 2.99. The monoisotopic (exact) mass is 222 g/mol. The summed E-state index contributed by atoms with van der Waals surface area (Å²) in [6, 6.07) is 5.66. The van der Waals surface area contributed by atoms with Crippen molar-refractivity contribution >= 4 is 5.69 Å². The molecule has 1 fully saturated rings. The second-order valence-electron chi connectivity index (χ2n) is 4.63. The fraction of sp³-hybridized carbons (Fsp3) is 0.538. The molecule has 0 heterocycles. The van der Waals surface area contributed by atoms with Gasteiger partial charge in [-0.25, -0.2) is 4.39 Å². The molecule has 0 bridgehead atoms. The summed E-state index contributed by atoms with van der Waals surface area (Å²) in [7, 11) is 0. The molecule has 88 valence electrons. The highest BCUT2D eigenvalue weighted by atomic mass is 19.1. The predicted molar refractivity (Wildman–Crippen MR) is 64.5 cm³/mol. The van der Waals surface area contributed by atoms with Crippen molar-refractivity contribution < 1.29 is 4.39 Å². The molecule has 1 saturated carbocycles. The molecule has 1 aliphatic rings. The van der Waals surface area contributed by atoms with Crippen LogP contribution in [-0.2, 0) is 6.54 Å². The van der Waals surface area contributed by atoms with Crippen molar-refractivity contribution in [1.82, 2.24) is 5.32 Å². The molecule has 1 aliphatic carbocycles. The number of benzene rings is 1. The van der Waals surface area contributed by atoms with Crippen molar-refractivity contribution in [3.8, 4) is 0 Å². The fourth-order valence-electron chi connectivity index (χ4n) is 2.12.